The van der Waals surface area contributed by atoms with Gasteiger partial charge in [-0.25, -0.2) is 9.37 Å². The van der Waals surface area contributed by atoms with Crippen LogP contribution >= 0.6 is 0 Å². The molecule has 0 aliphatic heterocycles. The van der Waals surface area contributed by atoms with Gasteiger partial charge in [0.15, 0.2) is 0 Å². The minimum atomic E-state index is -0.364. The number of aromatic amines is 1. The van der Waals surface area contributed by atoms with Crippen molar-refractivity contribution in [2.24, 2.45) is 7.05 Å². The van der Waals surface area contributed by atoms with Crippen LogP contribution in [0.2, 0.25) is 0 Å². The van der Waals surface area contributed by atoms with Crippen LogP contribution in [-0.4, -0.2) is 27.0 Å². The minimum Gasteiger partial charge on any atom is -0.358 e. The molecule has 0 spiro atoms. The number of fused-ring (bicyclic) bond motifs is 1. The zero-order valence-corrected chi connectivity index (χ0v) is 17.9. The van der Waals surface area contributed by atoms with Crippen molar-refractivity contribution >= 4 is 22.5 Å². The van der Waals surface area contributed by atoms with Crippen LogP contribution in [-0.2, 0) is 20.0 Å². The molecule has 0 saturated carbocycles. The highest BCUT2D eigenvalue weighted by atomic mass is 19.1. The predicted octanol–water partition coefficient (Wildman–Crippen LogP) is 4.24. The molecule has 0 atom stereocenters. The number of amides is 1. The second kappa shape index (κ2) is 8.73. The van der Waals surface area contributed by atoms with Crippen LogP contribution in [0.15, 0.2) is 48.8 Å². The molecule has 6 nitrogen and oxygen atoms in total. The predicted molar refractivity (Wildman–Crippen MR) is 121 cm³/mol. The van der Waals surface area contributed by atoms with Gasteiger partial charge < -0.3 is 20.2 Å². The van der Waals surface area contributed by atoms with E-state index in [4.69, 9.17) is 0 Å². The van der Waals surface area contributed by atoms with Crippen LogP contribution < -0.4 is 10.6 Å². The summed E-state index contributed by atoms with van der Waals surface area (Å²) in [6.07, 6.45) is 2.69. The molecule has 0 bridgehead atoms. The van der Waals surface area contributed by atoms with E-state index in [1.807, 2.05) is 36.1 Å². The van der Waals surface area contributed by atoms with E-state index in [1.54, 1.807) is 0 Å². The Kier molecular flexibility index (Phi) is 5.86. The molecule has 160 valence electrons. The van der Waals surface area contributed by atoms with E-state index in [-0.39, 0.29) is 11.7 Å². The molecule has 2 heterocycles. The molecule has 0 aliphatic carbocycles. The summed E-state index contributed by atoms with van der Waals surface area (Å²) in [5.74, 6) is -0.627. The lowest BCUT2D eigenvalue weighted by atomic mass is 10.1. The van der Waals surface area contributed by atoms with Crippen molar-refractivity contribution in [3.8, 4) is 0 Å². The first-order chi connectivity index (χ1) is 14.9. The zero-order chi connectivity index (χ0) is 22.0. The van der Waals surface area contributed by atoms with Crippen LogP contribution in [0.1, 0.15) is 33.0 Å². The normalized spacial score (nSPS) is 11.2. The summed E-state index contributed by atoms with van der Waals surface area (Å²) in [6, 6.07) is 11.3. The lowest BCUT2D eigenvalue weighted by Crippen LogP contribution is -2.18. The molecule has 4 aromatic rings. The van der Waals surface area contributed by atoms with Gasteiger partial charge in [0.25, 0.3) is 5.91 Å². The Hall–Kier alpha value is -3.45. The summed E-state index contributed by atoms with van der Waals surface area (Å²) in [5.41, 5.74) is 6.72. The molecule has 7 heteroatoms. The Morgan fingerprint density at radius 3 is 2.65 bits per heavy atom. The first-order valence-corrected chi connectivity index (χ1v) is 10.3. The van der Waals surface area contributed by atoms with Crippen LogP contribution in [0.4, 0.5) is 10.1 Å². The number of benzene rings is 2. The number of nitrogens with zero attached hydrogens (tertiary/aromatic N) is 2. The number of carbonyl (C=O) groups excluding carboxylic acids is 1. The maximum Gasteiger partial charge on any atom is 0.255 e. The number of hydrogen-bond acceptors (Lipinski definition) is 3. The third-order valence-corrected chi connectivity index (χ3v) is 5.66. The first kappa shape index (κ1) is 20.8. The van der Waals surface area contributed by atoms with Gasteiger partial charge in [-0.3, -0.25) is 4.79 Å². The number of imidazole rings is 1. The first-order valence-electron chi connectivity index (χ1n) is 10.3. The SMILES string of the molecule is Cc1[nH]c2ccc(NC(=O)c3ccc(F)cc3)cc2c1CCNCc1ncn(C)c1C. The highest BCUT2D eigenvalue weighted by molar-refractivity contribution is 6.05. The van der Waals surface area contributed by atoms with Crippen molar-refractivity contribution in [3.05, 3.63) is 82.8 Å². The average molecular weight is 420 g/mol. The molecule has 0 aliphatic rings. The fourth-order valence-corrected chi connectivity index (χ4v) is 3.72. The van der Waals surface area contributed by atoms with Crippen molar-refractivity contribution in [2.75, 3.05) is 11.9 Å². The highest BCUT2D eigenvalue weighted by Gasteiger charge is 2.12. The maximum absolute atomic E-state index is 13.1. The van der Waals surface area contributed by atoms with Gasteiger partial charge in [0, 0.05) is 47.1 Å². The molecular weight excluding hydrogens is 393 g/mol. The van der Waals surface area contributed by atoms with E-state index in [2.05, 4.69) is 34.4 Å². The fraction of sp³-hybridized carbons (Fsp3) is 0.250. The molecule has 0 unspecified atom stereocenters. The Balaban J connectivity index is 1.45. The van der Waals surface area contributed by atoms with Gasteiger partial charge in [-0.2, -0.15) is 0 Å². The Labute approximate surface area is 180 Å². The largest absolute Gasteiger partial charge is 0.358 e. The second-order valence-corrected chi connectivity index (χ2v) is 7.76. The summed E-state index contributed by atoms with van der Waals surface area (Å²) < 4.78 is 15.1. The zero-order valence-electron chi connectivity index (χ0n) is 17.9. The summed E-state index contributed by atoms with van der Waals surface area (Å²) in [6.45, 7) is 5.67. The number of aromatic nitrogens is 3. The van der Waals surface area contributed by atoms with Crippen molar-refractivity contribution in [3.63, 3.8) is 0 Å². The van der Waals surface area contributed by atoms with E-state index in [9.17, 15) is 9.18 Å². The third-order valence-electron chi connectivity index (χ3n) is 5.66. The van der Waals surface area contributed by atoms with Gasteiger partial charge in [-0.05, 0) is 74.8 Å². The quantitative estimate of drug-likeness (QED) is 0.392. The molecule has 0 fully saturated rings. The molecule has 4 rings (SSSR count). The fourth-order valence-electron chi connectivity index (χ4n) is 3.72. The third kappa shape index (κ3) is 4.51. The second-order valence-electron chi connectivity index (χ2n) is 7.76. The van der Waals surface area contributed by atoms with Gasteiger partial charge in [-0.15, -0.1) is 0 Å². The van der Waals surface area contributed by atoms with Crippen LogP contribution in [0.5, 0.6) is 0 Å². The standard InChI is InChI=1S/C24H26FN5O/c1-15-20(10-11-26-13-23-16(2)30(3)14-27-23)21-12-19(8-9-22(21)28-15)29-24(31)17-4-6-18(25)7-5-17/h4-9,12,14,26,28H,10-11,13H2,1-3H3,(H,29,31). The number of aryl methyl sites for hydroxylation is 2. The smallest absolute Gasteiger partial charge is 0.255 e. The molecule has 2 aromatic heterocycles. The van der Waals surface area contributed by atoms with E-state index >= 15 is 0 Å². The number of rotatable bonds is 7. The lowest BCUT2D eigenvalue weighted by Gasteiger charge is -2.08. The summed E-state index contributed by atoms with van der Waals surface area (Å²) in [5, 5.41) is 7.46. The highest BCUT2D eigenvalue weighted by Crippen LogP contribution is 2.26. The molecule has 2 aromatic carbocycles. The Morgan fingerprint density at radius 2 is 1.94 bits per heavy atom. The van der Waals surface area contributed by atoms with E-state index in [0.717, 1.165) is 47.5 Å². The van der Waals surface area contributed by atoms with Gasteiger partial charge in [0.2, 0.25) is 0 Å². The summed E-state index contributed by atoms with van der Waals surface area (Å²) in [4.78, 5) is 20.3. The molecular formula is C24H26FN5O. The maximum atomic E-state index is 13.1. The summed E-state index contributed by atoms with van der Waals surface area (Å²) >= 11 is 0. The van der Waals surface area contributed by atoms with Crippen molar-refractivity contribution in [1.29, 1.82) is 0 Å². The number of halogens is 1. The number of H-pyrrole nitrogens is 1. The topological polar surface area (TPSA) is 74.7 Å². The number of carbonyl (C=O) groups is 1. The van der Waals surface area contributed by atoms with Crippen molar-refractivity contribution < 1.29 is 9.18 Å². The van der Waals surface area contributed by atoms with Crippen molar-refractivity contribution in [2.45, 2.75) is 26.8 Å². The monoisotopic (exact) mass is 419 g/mol. The molecule has 0 radical (unpaired) electrons. The van der Waals surface area contributed by atoms with Gasteiger partial charge in [-0.1, -0.05) is 0 Å². The van der Waals surface area contributed by atoms with Crippen LogP contribution in [0.3, 0.4) is 0 Å². The van der Waals surface area contributed by atoms with Crippen molar-refractivity contribution in [1.82, 2.24) is 19.9 Å². The molecule has 1 amide bonds. The van der Waals surface area contributed by atoms with Crippen LogP contribution in [0, 0.1) is 19.7 Å². The lowest BCUT2D eigenvalue weighted by molar-refractivity contribution is 0.102. The molecule has 3 N–H and O–H groups in total. The summed E-state index contributed by atoms with van der Waals surface area (Å²) in [7, 11) is 1.99. The Morgan fingerprint density at radius 1 is 1.16 bits per heavy atom. The molecule has 0 saturated heterocycles. The van der Waals surface area contributed by atoms with E-state index in [1.165, 1.54) is 29.8 Å². The van der Waals surface area contributed by atoms with E-state index in [0.29, 0.717) is 11.3 Å². The van der Waals surface area contributed by atoms with Gasteiger partial charge in [0.05, 0.1) is 12.0 Å². The van der Waals surface area contributed by atoms with Gasteiger partial charge in [0.1, 0.15) is 5.82 Å². The average Bonchev–Trinajstić information content (AvgIpc) is 3.24. The van der Waals surface area contributed by atoms with Crippen LogP contribution in [0.25, 0.3) is 10.9 Å². The Bertz CT molecular complexity index is 1220. The number of nitrogens with one attached hydrogen (secondary N) is 3. The number of anilines is 1. The number of hydrogen-bond donors (Lipinski definition) is 3. The molecule has 31 heavy (non-hydrogen) atoms. The minimum absolute atomic E-state index is 0.263. The van der Waals surface area contributed by atoms with Gasteiger partial charge >= 0.3 is 0 Å². The van der Waals surface area contributed by atoms with E-state index < -0.39 is 0 Å².